The maximum absolute atomic E-state index is 13.5. The molecule has 0 aliphatic carbocycles. The predicted octanol–water partition coefficient (Wildman–Crippen LogP) is 6.73. The number of ether oxygens (including phenoxy) is 7. The van der Waals surface area contributed by atoms with E-state index in [1.54, 1.807) is 68.9 Å². The maximum atomic E-state index is 13.5. The number of aliphatic hydroxyl groups is 1. The van der Waals surface area contributed by atoms with E-state index in [-0.39, 0.29) is 42.2 Å². The summed E-state index contributed by atoms with van der Waals surface area (Å²) in [6.07, 6.45) is 1.57. The Hall–Kier alpha value is -6.20. The molecule has 0 fully saturated rings. The Morgan fingerprint density at radius 2 is 1.50 bits per heavy atom. The summed E-state index contributed by atoms with van der Waals surface area (Å²) in [5.74, 6) is 2.00. The zero-order valence-electron chi connectivity index (χ0n) is 33.3. The quantitative estimate of drug-likeness (QED) is 0.0464. The van der Waals surface area contributed by atoms with Crippen molar-refractivity contribution in [2.75, 3.05) is 90.1 Å². The van der Waals surface area contributed by atoms with Crippen LogP contribution >= 0.6 is 0 Å². The molecule has 3 amide bonds. The summed E-state index contributed by atoms with van der Waals surface area (Å²) in [7, 11) is 4.62. The van der Waals surface area contributed by atoms with Crippen LogP contribution in [0.25, 0.3) is 10.8 Å². The van der Waals surface area contributed by atoms with Gasteiger partial charge in [-0.3, -0.25) is 4.79 Å². The second kappa shape index (κ2) is 21.9. The molecule has 308 valence electrons. The third kappa shape index (κ3) is 12.1. The molecule has 4 aromatic carbocycles. The molecule has 58 heavy (non-hydrogen) atoms. The van der Waals surface area contributed by atoms with Crippen molar-refractivity contribution in [3.05, 3.63) is 90.1 Å². The SMILES string of the molecule is COCCOCCOCCOc1cc(Nc2nccc(Oc3ccc(NC(=O)Nc4cc(C(C)C)cc(C(=O)NCCO)c4OC)c4ccccc34)n2)cc(OC)c1. The van der Waals surface area contributed by atoms with Gasteiger partial charge in [-0.2, -0.15) is 4.98 Å². The summed E-state index contributed by atoms with van der Waals surface area (Å²) in [5, 5.41) is 22.2. The van der Waals surface area contributed by atoms with Gasteiger partial charge in [0.1, 0.15) is 23.9 Å². The third-order valence-electron chi connectivity index (χ3n) is 8.52. The molecule has 0 saturated carbocycles. The van der Waals surface area contributed by atoms with Crippen molar-refractivity contribution < 1.29 is 47.9 Å². The van der Waals surface area contributed by atoms with Crippen molar-refractivity contribution in [3.8, 4) is 28.9 Å². The fraction of sp³-hybridized carbons (Fsp3) is 0.333. The van der Waals surface area contributed by atoms with Crippen molar-refractivity contribution in [2.45, 2.75) is 19.8 Å². The van der Waals surface area contributed by atoms with Gasteiger partial charge in [-0.1, -0.05) is 38.1 Å². The van der Waals surface area contributed by atoms with Crippen molar-refractivity contribution >= 4 is 45.7 Å². The Bertz CT molecular complexity index is 2130. The summed E-state index contributed by atoms with van der Waals surface area (Å²) in [5.41, 5.74) is 2.52. The van der Waals surface area contributed by atoms with Gasteiger partial charge in [0, 0.05) is 60.6 Å². The van der Waals surface area contributed by atoms with Crippen LogP contribution in [-0.2, 0) is 14.2 Å². The predicted molar refractivity (Wildman–Crippen MR) is 220 cm³/mol. The van der Waals surface area contributed by atoms with Gasteiger partial charge in [0.15, 0.2) is 5.75 Å². The molecule has 16 nitrogen and oxygen atoms in total. The van der Waals surface area contributed by atoms with Gasteiger partial charge >= 0.3 is 6.03 Å². The minimum atomic E-state index is -0.551. The molecule has 5 aromatic rings. The summed E-state index contributed by atoms with van der Waals surface area (Å²) < 4.78 is 39.2. The molecular formula is C42H50N6O10. The number of hydrogen-bond donors (Lipinski definition) is 5. The number of amides is 3. The number of anilines is 4. The van der Waals surface area contributed by atoms with Gasteiger partial charge in [0.05, 0.1) is 70.8 Å². The second-order valence-electron chi connectivity index (χ2n) is 12.9. The van der Waals surface area contributed by atoms with Crippen molar-refractivity contribution in [3.63, 3.8) is 0 Å². The minimum Gasteiger partial charge on any atom is -0.497 e. The Morgan fingerprint density at radius 3 is 2.22 bits per heavy atom. The minimum absolute atomic E-state index is 0.0471. The number of urea groups is 1. The highest BCUT2D eigenvalue weighted by Gasteiger charge is 2.21. The van der Waals surface area contributed by atoms with E-state index in [0.29, 0.717) is 84.7 Å². The molecule has 0 unspecified atom stereocenters. The number of aliphatic hydroxyl groups excluding tert-OH is 1. The molecule has 0 bridgehead atoms. The lowest BCUT2D eigenvalue weighted by Crippen LogP contribution is -2.27. The van der Waals surface area contributed by atoms with Crippen LogP contribution in [0.2, 0.25) is 0 Å². The van der Waals surface area contributed by atoms with Crippen LogP contribution in [0.1, 0.15) is 35.7 Å². The number of benzene rings is 4. The van der Waals surface area contributed by atoms with Crippen LogP contribution in [0.15, 0.2) is 79.0 Å². The van der Waals surface area contributed by atoms with Crippen molar-refractivity contribution in [1.82, 2.24) is 15.3 Å². The third-order valence-corrected chi connectivity index (χ3v) is 8.52. The normalized spacial score (nSPS) is 10.9. The summed E-state index contributed by atoms with van der Waals surface area (Å²) in [6.45, 7) is 6.50. The lowest BCUT2D eigenvalue weighted by molar-refractivity contribution is 0.0179. The first-order chi connectivity index (χ1) is 28.2. The molecule has 1 heterocycles. The van der Waals surface area contributed by atoms with E-state index in [2.05, 4.69) is 31.2 Å². The van der Waals surface area contributed by atoms with E-state index >= 15 is 0 Å². The number of carbonyl (C=O) groups is 2. The Balaban J connectivity index is 1.26. The smallest absolute Gasteiger partial charge is 0.323 e. The van der Waals surface area contributed by atoms with Crippen LogP contribution in [0.5, 0.6) is 28.9 Å². The molecule has 1 aromatic heterocycles. The van der Waals surface area contributed by atoms with E-state index in [4.69, 9.17) is 33.2 Å². The fourth-order valence-electron chi connectivity index (χ4n) is 5.70. The zero-order chi connectivity index (χ0) is 41.3. The number of carbonyl (C=O) groups excluding carboxylic acids is 2. The average molecular weight is 799 g/mol. The Labute approximate surface area is 337 Å². The van der Waals surface area contributed by atoms with Crippen molar-refractivity contribution in [1.29, 1.82) is 0 Å². The van der Waals surface area contributed by atoms with Crippen LogP contribution in [0.4, 0.5) is 27.8 Å². The molecule has 16 heteroatoms. The summed E-state index contributed by atoms with van der Waals surface area (Å²) in [4.78, 5) is 35.4. The van der Waals surface area contributed by atoms with E-state index in [9.17, 15) is 14.7 Å². The van der Waals surface area contributed by atoms with Gasteiger partial charge in [0.2, 0.25) is 11.8 Å². The molecule has 0 atom stereocenters. The van der Waals surface area contributed by atoms with Crippen LogP contribution in [-0.4, -0.2) is 101 Å². The highest BCUT2D eigenvalue weighted by molar-refractivity contribution is 6.09. The van der Waals surface area contributed by atoms with Gasteiger partial charge < -0.3 is 59.5 Å². The van der Waals surface area contributed by atoms with Crippen LogP contribution in [0, 0.1) is 0 Å². The number of nitrogens with zero attached hydrogens (tertiary/aromatic N) is 2. The van der Waals surface area contributed by atoms with Gasteiger partial charge in [0.25, 0.3) is 5.91 Å². The van der Waals surface area contributed by atoms with Crippen molar-refractivity contribution in [2.24, 2.45) is 0 Å². The zero-order valence-corrected chi connectivity index (χ0v) is 33.3. The molecular weight excluding hydrogens is 748 g/mol. The largest absolute Gasteiger partial charge is 0.497 e. The molecule has 5 rings (SSSR count). The maximum Gasteiger partial charge on any atom is 0.323 e. The first kappa shape index (κ1) is 42.9. The standard InChI is InChI=1S/C42H50N6O10/c1-27(2)28-22-34(40(50)43-14-15-49)39(54-5)36(23-28)47-42(51)46-35-10-11-37(33-9-7-6-8-32(33)35)58-38-12-13-44-41(48-38)45-29-24-30(53-4)26-31(25-29)57-21-20-56-19-18-55-17-16-52-3/h6-13,22-27,49H,14-21H2,1-5H3,(H,43,50)(H,44,45,48)(H2,46,47,51). The molecule has 0 saturated heterocycles. The highest BCUT2D eigenvalue weighted by atomic mass is 16.6. The number of aromatic nitrogens is 2. The molecule has 5 N–H and O–H groups in total. The second-order valence-corrected chi connectivity index (χ2v) is 12.9. The number of fused-ring (bicyclic) bond motifs is 1. The van der Waals surface area contributed by atoms with E-state index < -0.39 is 11.9 Å². The van der Waals surface area contributed by atoms with Crippen LogP contribution < -0.4 is 40.2 Å². The number of nitrogens with one attached hydrogen (secondary N) is 4. The highest BCUT2D eigenvalue weighted by Crippen LogP contribution is 2.36. The molecule has 0 radical (unpaired) electrons. The number of hydrogen-bond acceptors (Lipinski definition) is 13. The van der Waals surface area contributed by atoms with E-state index in [0.717, 1.165) is 5.56 Å². The topological polar surface area (TPSA) is 193 Å². The van der Waals surface area contributed by atoms with Gasteiger partial charge in [-0.25, -0.2) is 9.78 Å². The summed E-state index contributed by atoms with van der Waals surface area (Å²) >= 11 is 0. The molecule has 0 spiro atoms. The summed E-state index contributed by atoms with van der Waals surface area (Å²) in [6, 6.07) is 20.9. The lowest BCUT2D eigenvalue weighted by atomic mass is 9.98. The van der Waals surface area contributed by atoms with Crippen LogP contribution in [0.3, 0.4) is 0 Å². The number of rotatable bonds is 22. The first-order valence-corrected chi connectivity index (χ1v) is 18.7. The number of methoxy groups -OCH3 is 3. The van der Waals surface area contributed by atoms with E-state index in [1.807, 2.05) is 38.1 Å². The van der Waals surface area contributed by atoms with Gasteiger partial charge in [-0.15, -0.1) is 0 Å². The van der Waals surface area contributed by atoms with E-state index in [1.165, 1.54) is 7.11 Å². The fourth-order valence-corrected chi connectivity index (χ4v) is 5.70. The first-order valence-electron chi connectivity index (χ1n) is 18.7. The lowest BCUT2D eigenvalue weighted by Gasteiger charge is -2.18. The monoisotopic (exact) mass is 798 g/mol. The Morgan fingerprint density at radius 1 is 0.776 bits per heavy atom. The Kier molecular flexibility index (Phi) is 16.2. The molecule has 0 aliphatic rings. The van der Waals surface area contributed by atoms with Gasteiger partial charge in [-0.05, 0) is 35.7 Å². The average Bonchev–Trinajstić information content (AvgIpc) is 3.22. The molecule has 0 aliphatic heterocycles.